The second-order valence-corrected chi connectivity index (χ2v) is 5.82. The molecule has 0 fully saturated rings. The molecule has 0 aromatic heterocycles. The van der Waals surface area contributed by atoms with Gasteiger partial charge in [0, 0.05) is 5.41 Å². The summed E-state index contributed by atoms with van der Waals surface area (Å²) in [5.41, 5.74) is 0.352. The number of amides is 1. The average molecular weight is 293 g/mol. The molecule has 0 aliphatic heterocycles. The van der Waals surface area contributed by atoms with Crippen molar-refractivity contribution in [2.45, 2.75) is 27.2 Å². The van der Waals surface area contributed by atoms with E-state index < -0.39 is 5.41 Å². The Balaban J connectivity index is 2.61. The molecule has 0 radical (unpaired) electrons. The van der Waals surface area contributed by atoms with Crippen LogP contribution in [0.3, 0.4) is 0 Å². The SMILES string of the molecule is COc1ccc(CC(=O)NCC(=O)C(C)(C)C)cc1OC. The van der Waals surface area contributed by atoms with Gasteiger partial charge in [-0.3, -0.25) is 9.59 Å². The van der Waals surface area contributed by atoms with Crippen LogP contribution in [-0.2, 0) is 16.0 Å². The van der Waals surface area contributed by atoms with Crippen molar-refractivity contribution in [2.75, 3.05) is 20.8 Å². The van der Waals surface area contributed by atoms with Crippen molar-refractivity contribution >= 4 is 11.7 Å². The molecule has 1 N–H and O–H groups in total. The van der Waals surface area contributed by atoms with E-state index in [-0.39, 0.29) is 24.7 Å². The number of methoxy groups -OCH3 is 2. The molecular weight excluding hydrogens is 270 g/mol. The van der Waals surface area contributed by atoms with E-state index in [0.29, 0.717) is 11.5 Å². The second kappa shape index (κ2) is 7.11. The minimum Gasteiger partial charge on any atom is -0.493 e. The van der Waals surface area contributed by atoms with Crippen LogP contribution in [0.15, 0.2) is 18.2 Å². The lowest BCUT2D eigenvalue weighted by Crippen LogP contribution is -2.36. The summed E-state index contributed by atoms with van der Waals surface area (Å²) in [5.74, 6) is 1.00. The van der Waals surface area contributed by atoms with E-state index in [9.17, 15) is 9.59 Å². The summed E-state index contributed by atoms with van der Waals surface area (Å²) in [5, 5.41) is 2.64. The molecule has 0 aliphatic carbocycles. The van der Waals surface area contributed by atoms with Crippen LogP contribution >= 0.6 is 0 Å². The Labute approximate surface area is 125 Å². The van der Waals surface area contributed by atoms with Gasteiger partial charge >= 0.3 is 0 Å². The molecule has 0 aliphatic rings. The quantitative estimate of drug-likeness (QED) is 0.871. The summed E-state index contributed by atoms with van der Waals surface area (Å²) in [7, 11) is 3.10. The highest BCUT2D eigenvalue weighted by atomic mass is 16.5. The number of ketones is 1. The lowest BCUT2D eigenvalue weighted by molar-refractivity contribution is -0.128. The van der Waals surface area contributed by atoms with Crippen molar-refractivity contribution in [3.63, 3.8) is 0 Å². The van der Waals surface area contributed by atoms with E-state index in [1.165, 1.54) is 0 Å². The standard InChI is InChI=1S/C16H23NO4/c1-16(2,3)14(18)10-17-15(19)9-11-6-7-12(20-4)13(8-11)21-5/h6-8H,9-10H2,1-5H3,(H,17,19). The van der Waals surface area contributed by atoms with Gasteiger partial charge in [0.1, 0.15) is 0 Å². The number of rotatable bonds is 6. The summed E-state index contributed by atoms with van der Waals surface area (Å²) in [6, 6.07) is 5.30. The lowest BCUT2D eigenvalue weighted by atomic mass is 9.91. The maximum atomic E-state index is 11.9. The number of hydrogen-bond donors (Lipinski definition) is 1. The molecule has 0 saturated carbocycles. The molecule has 0 atom stereocenters. The van der Waals surface area contributed by atoms with Gasteiger partial charge in [-0.25, -0.2) is 0 Å². The van der Waals surface area contributed by atoms with E-state index in [0.717, 1.165) is 5.56 Å². The molecule has 5 heteroatoms. The summed E-state index contributed by atoms with van der Waals surface area (Å²) in [4.78, 5) is 23.6. The van der Waals surface area contributed by atoms with Gasteiger partial charge in [-0.15, -0.1) is 0 Å². The monoisotopic (exact) mass is 293 g/mol. The Kier molecular flexibility index (Phi) is 5.76. The molecule has 0 spiro atoms. The van der Waals surface area contributed by atoms with Crippen LogP contribution in [0, 0.1) is 5.41 Å². The third-order valence-electron chi connectivity index (χ3n) is 3.10. The van der Waals surface area contributed by atoms with Gasteiger partial charge in [-0.1, -0.05) is 26.8 Å². The smallest absolute Gasteiger partial charge is 0.224 e. The van der Waals surface area contributed by atoms with E-state index in [1.54, 1.807) is 32.4 Å². The Bertz CT molecular complexity index is 517. The van der Waals surface area contributed by atoms with Gasteiger partial charge in [-0.2, -0.15) is 0 Å². The number of carbonyl (C=O) groups is 2. The molecule has 1 rings (SSSR count). The maximum absolute atomic E-state index is 11.9. The topological polar surface area (TPSA) is 64.6 Å². The first kappa shape index (κ1) is 17.0. The predicted octanol–water partition coefficient (Wildman–Crippen LogP) is 1.98. The number of carbonyl (C=O) groups excluding carboxylic acids is 2. The van der Waals surface area contributed by atoms with Crippen LogP contribution in [-0.4, -0.2) is 32.5 Å². The van der Waals surface area contributed by atoms with Gasteiger partial charge in [0.15, 0.2) is 17.3 Å². The van der Waals surface area contributed by atoms with E-state index in [4.69, 9.17) is 9.47 Å². The van der Waals surface area contributed by atoms with Crippen molar-refractivity contribution in [2.24, 2.45) is 5.41 Å². The maximum Gasteiger partial charge on any atom is 0.224 e. The highest BCUT2D eigenvalue weighted by Gasteiger charge is 2.21. The molecule has 0 heterocycles. The van der Waals surface area contributed by atoms with Crippen LogP contribution in [0.25, 0.3) is 0 Å². The molecule has 1 aromatic rings. The Morgan fingerprint density at radius 3 is 2.24 bits per heavy atom. The van der Waals surface area contributed by atoms with Crippen molar-refractivity contribution < 1.29 is 19.1 Å². The molecule has 1 aromatic carbocycles. The fourth-order valence-electron chi connectivity index (χ4n) is 1.68. The Hall–Kier alpha value is -2.04. The zero-order valence-corrected chi connectivity index (χ0v) is 13.3. The zero-order valence-electron chi connectivity index (χ0n) is 13.3. The largest absolute Gasteiger partial charge is 0.493 e. The zero-order chi connectivity index (χ0) is 16.0. The van der Waals surface area contributed by atoms with Crippen LogP contribution in [0.1, 0.15) is 26.3 Å². The average Bonchev–Trinajstić information content (AvgIpc) is 2.43. The van der Waals surface area contributed by atoms with Crippen molar-refractivity contribution in [3.8, 4) is 11.5 Å². The Morgan fingerprint density at radius 2 is 1.71 bits per heavy atom. The summed E-state index contributed by atoms with van der Waals surface area (Å²) >= 11 is 0. The van der Waals surface area contributed by atoms with Gasteiger partial charge in [0.05, 0.1) is 27.2 Å². The van der Waals surface area contributed by atoms with Gasteiger partial charge in [-0.05, 0) is 17.7 Å². The highest BCUT2D eigenvalue weighted by molar-refractivity contribution is 5.89. The second-order valence-electron chi connectivity index (χ2n) is 5.82. The van der Waals surface area contributed by atoms with Gasteiger partial charge < -0.3 is 14.8 Å². The molecule has 0 unspecified atom stereocenters. The first-order valence-corrected chi connectivity index (χ1v) is 6.79. The first-order valence-electron chi connectivity index (χ1n) is 6.79. The lowest BCUT2D eigenvalue weighted by Gasteiger charge is -2.16. The molecule has 0 saturated heterocycles. The summed E-state index contributed by atoms with van der Waals surface area (Å²) < 4.78 is 10.3. The van der Waals surface area contributed by atoms with E-state index in [1.807, 2.05) is 20.8 Å². The van der Waals surface area contributed by atoms with Crippen molar-refractivity contribution in [1.82, 2.24) is 5.32 Å². The fraction of sp³-hybridized carbons (Fsp3) is 0.500. The first-order chi connectivity index (χ1) is 9.77. The predicted molar refractivity (Wildman–Crippen MR) is 80.7 cm³/mol. The normalized spacial score (nSPS) is 10.9. The van der Waals surface area contributed by atoms with E-state index in [2.05, 4.69) is 5.32 Å². The number of nitrogens with one attached hydrogen (secondary N) is 1. The van der Waals surface area contributed by atoms with Gasteiger partial charge in [0.2, 0.25) is 5.91 Å². The molecule has 0 bridgehead atoms. The highest BCUT2D eigenvalue weighted by Crippen LogP contribution is 2.27. The van der Waals surface area contributed by atoms with Crippen LogP contribution in [0.5, 0.6) is 11.5 Å². The van der Waals surface area contributed by atoms with E-state index >= 15 is 0 Å². The minimum absolute atomic E-state index is 0.00293. The number of ether oxygens (including phenoxy) is 2. The van der Waals surface area contributed by atoms with Crippen LogP contribution in [0.2, 0.25) is 0 Å². The number of Topliss-reactive ketones (excluding diaryl/α,β-unsaturated/α-hetero) is 1. The molecular formula is C16H23NO4. The Morgan fingerprint density at radius 1 is 1.10 bits per heavy atom. The number of benzene rings is 1. The molecule has 1 amide bonds. The minimum atomic E-state index is -0.448. The summed E-state index contributed by atoms with van der Waals surface area (Å²) in [6.07, 6.45) is 0.192. The third kappa shape index (κ3) is 5.10. The third-order valence-corrected chi connectivity index (χ3v) is 3.10. The summed E-state index contributed by atoms with van der Waals surface area (Å²) in [6.45, 7) is 5.54. The molecule has 21 heavy (non-hydrogen) atoms. The van der Waals surface area contributed by atoms with Gasteiger partial charge in [0.25, 0.3) is 0 Å². The van der Waals surface area contributed by atoms with Crippen LogP contribution in [0.4, 0.5) is 0 Å². The fourth-order valence-corrected chi connectivity index (χ4v) is 1.68. The van der Waals surface area contributed by atoms with Crippen LogP contribution < -0.4 is 14.8 Å². The van der Waals surface area contributed by atoms with Crippen molar-refractivity contribution in [1.29, 1.82) is 0 Å². The van der Waals surface area contributed by atoms with Crippen molar-refractivity contribution in [3.05, 3.63) is 23.8 Å². The molecule has 116 valence electrons. The molecule has 5 nitrogen and oxygen atoms in total. The number of hydrogen-bond acceptors (Lipinski definition) is 4.